The lowest BCUT2D eigenvalue weighted by Crippen LogP contribution is -2.39. The van der Waals surface area contributed by atoms with Gasteiger partial charge in [-0.1, -0.05) is 40.9 Å². The molecule has 0 bridgehead atoms. The van der Waals surface area contributed by atoms with E-state index in [1.807, 2.05) is 6.07 Å². The minimum Gasteiger partial charge on any atom is -0.444 e. The monoisotopic (exact) mass is 443 g/mol. The standard InChI is InChI=1S/C23H23Cl2N3O2/c1-14-5-7-18(15(2)10-14)23-26-17(13-30-23)12-28-9-3-4-21(28)22(29)27-20-8-6-16(24)11-19(20)25/h5-8,10-11,13,21H,3-4,9,12H2,1-2H3,(H,27,29)/t21-/m0/s1. The third-order valence-electron chi connectivity index (χ3n) is 5.38. The normalized spacial score (nSPS) is 16.7. The molecule has 1 amide bonds. The highest BCUT2D eigenvalue weighted by atomic mass is 35.5. The fraction of sp³-hybridized carbons (Fsp3) is 0.304. The highest BCUT2D eigenvalue weighted by molar-refractivity contribution is 6.36. The molecule has 2 aromatic carbocycles. The summed E-state index contributed by atoms with van der Waals surface area (Å²) in [5.74, 6) is 0.533. The Morgan fingerprint density at radius 3 is 2.83 bits per heavy atom. The summed E-state index contributed by atoms with van der Waals surface area (Å²) in [7, 11) is 0. The largest absolute Gasteiger partial charge is 0.444 e. The number of hydrogen-bond donors (Lipinski definition) is 1. The average molecular weight is 444 g/mol. The molecule has 1 N–H and O–H groups in total. The second-order valence-corrected chi connectivity index (χ2v) is 8.55. The van der Waals surface area contributed by atoms with Gasteiger partial charge in [0.25, 0.3) is 0 Å². The van der Waals surface area contributed by atoms with E-state index in [4.69, 9.17) is 27.6 Å². The molecule has 5 nitrogen and oxygen atoms in total. The molecule has 7 heteroatoms. The number of likely N-dealkylation sites (tertiary alicyclic amines) is 1. The van der Waals surface area contributed by atoms with Gasteiger partial charge < -0.3 is 9.73 Å². The van der Waals surface area contributed by atoms with Crippen LogP contribution in [-0.4, -0.2) is 28.4 Å². The molecular formula is C23H23Cl2N3O2. The Labute approximate surface area is 186 Å². The molecule has 30 heavy (non-hydrogen) atoms. The first-order chi connectivity index (χ1) is 14.4. The quantitative estimate of drug-likeness (QED) is 0.535. The van der Waals surface area contributed by atoms with E-state index in [0.717, 1.165) is 36.2 Å². The number of carbonyl (C=O) groups is 1. The Morgan fingerprint density at radius 1 is 1.23 bits per heavy atom. The van der Waals surface area contributed by atoms with Gasteiger partial charge in [-0.3, -0.25) is 9.69 Å². The molecule has 0 radical (unpaired) electrons. The number of aromatic nitrogens is 1. The molecule has 1 saturated heterocycles. The van der Waals surface area contributed by atoms with Crippen LogP contribution in [0.25, 0.3) is 11.5 Å². The van der Waals surface area contributed by atoms with E-state index in [9.17, 15) is 4.79 Å². The summed E-state index contributed by atoms with van der Waals surface area (Å²) in [6.07, 6.45) is 3.42. The lowest BCUT2D eigenvalue weighted by atomic mass is 10.1. The number of oxazole rings is 1. The number of aryl methyl sites for hydroxylation is 2. The number of halogens is 2. The predicted octanol–water partition coefficient (Wildman–Crippen LogP) is 5.87. The molecule has 0 unspecified atom stereocenters. The van der Waals surface area contributed by atoms with E-state index in [2.05, 4.69) is 41.2 Å². The van der Waals surface area contributed by atoms with E-state index in [1.165, 1.54) is 5.56 Å². The number of carbonyl (C=O) groups excluding carboxylic acids is 1. The Hall–Kier alpha value is -2.34. The molecule has 0 saturated carbocycles. The summed E-state index contributed by atoms with van der Waals surface area (Å²) in [5.41, 5.74) is 4.70. The minimum absolute atomic E-state index is 0.0742. The van der Waals surface area contributed by atoms with Crippen molar-refractivity contribution in [2.75, 3.05) is 11.9 Å². The van der Waals surface area contributed by atoms with Crippen LogP contribution in [-0.2, 0) is 11.3 Å². The lowest BCUT2D eigenvalue weighted by molar-refractivity contribution is -0.120. The molecule has 0 aliphatic carbocycles. The van der Waals surface area contributed by atoms with Crippen molar-refractivity contribution in [2.45, 2.75) is 39.3 Å². The van der Waals surface area contributed by atoms with Crippen LogP contribution in [0.1, 0.15) is 29.7 Å². The predicted molar refractivity (Wildman–Crippen MR) is 120 cm³/mol. The summed E-state index contributed by atoms with van der Waals surface area (Å²) in [6, 6.07) is 11.0. The van der Waals surface area contributed by atoms with Crippen molar-refractivity contribution < 1.29 is 9.21 Å². The number of nitrogens with one attached hydrogen (secondary N) is 1. The number of hydrogen-bond acceptors (Lipinski definition) is 4. The van der Waals surface area contributed by atoms with Gasteiger partial charge >= 0.3 is 0 Å². The van der Waals surface area contributed by atoms with Gasteiger partial charge in [0, 0.05) is 17.1 Å². The van der Waals surface area contributed by atoms with Crippen LogP contribution in [0, 0.1) is 13.8 Å². The minimum atomic E-state index is -0.238. The topological polar surface area (TPSA) is 58.4 Å². The Morgan fingerprint density at radius 2 is 2.07 bits per heavy atom. The zero-order valence-electron chi connectivity index (χ0n) is 16.9. The molecular weight excluding hydrogens is 421 g/mol. The number of amides is 1. The van der Waals surface area contributed by atoms with E-state index in [-0.39, 0.29) is 11.9 Å². The maximum Gasteiger partial charge on any atom is 0.241 e. The molecule has 156 valence electrons. The summed E-state index contributed by atoms with van der Waals surface area (Å²) in [5, 5.41) is 3.88. The van der Waals surface area contributed by atoms with Crippen molar-refractivity contribution in [2.24, 2.45) is 0 Å². The highest BCUT2D eigenvalue weighted by Crippen LogP contribution is 2.28. The van der Waals surface area contributed by atoms with Gasteiger partial charge in [0.05, 0.1) is 22.4 Å². The van der Waals surface area contributed by atoms with Crippen LogP contribution >= 0.6 is 23.2 Å². The second-order valence-electron chi connectivity index (χ2n) is 7.70. The van der Waals surface area contributed by atoms with E-state index in [0.29, 0.717) is 28.2 Å². The molecule has 1 aliphatic heterocycles. The van der Waals surface area contributed by atoms with Gasteiger partial charge in [0.15, 0.2) is 0 Å². The zero-order chi connectivity index (χ0) is 21.3. The zero-order valence-corrected chi connectivity index (χ0v) is 18.4. The van der Waals surface area contributed by atoms with Gasteiger partial charge in [-0.2, -0.15) is 0 Å². The summed E-state index contributed by atoms with van der Waals surface area (Å²) < 4.78 is 5.73. The fourth-order valence-corrected chi connectivity index (χ4v) is 4.34. The molecule has 1 fully saturated rings. The maximum absolute atomic E-state index is 12.9. The number of nitrogens with zero attached hydrogens (tertiary/aromatic N) is 2. The van der Waals surface area contributed by atoms with Crippen LogP contribution in [0.2, 0.25) is 10.0 Å². The summed E-state index contributed by atoms with van der Waals surface area (Å²) in [6.45, 7) is 5.50. The molecule has 1 atom stereocenters. The van der Waals surface area contributed by atoms with Crippen molar-refractivity contribution in [3.63, 3.8) is 0 Å². The molecule has 2 heterocycles. The Balaban J connectivity index is 1.45. The third kappa shape index (κ3) is 4.53. The van der Waals surface area contributed by atoms with Crippen LogP contribution in [0.5, 0.6) is 0 Å². The van der Waals surface area contributed by atoms with Gasteiger partial charge in [0.2, 0.25) is 11.8 Å². The average Bonchev–Trinajstić information content (AvgIpc) is 3.34. The first-order valence-corrected chi connectivity index (χ1v) is 10.7. The van der Waals surface area contributed by atoms with Crippen molar-refractivity contribution >= 4 is 34.8 Å². The Kier molecular flexibility index (Phi) is 6.14. The summed E-state index contributed by atoms with van der Waals surface area (Å²) in [4.78, 5) is 19.7. The van der Waals surface area contributed by atoms with Crippen molar-refractivity contribution in [3.8, 4) is 11.5 Å². The first kappa shape index (κ1) is 20.9. The second kappa shape index (κ2) is 8.80. The van der Waals surface area contributed by atoms with Crippen LogP contribution in [0.15, 0.2) is 47.1 Å². The molecule has 4 rings (SSSR count). The summed E-state index contributed by atoms with van der Waals surface area (Å²) >= 11 is 12.1. The smallest absolute Gasteiger partial charge is 0.241 e. The van der Waals surface area contributed by atoms with Crippen LogP contribution in [0.4, 0.5) is 5.69 Å². The van der Waals surface area contributed by atoms with Crippen LogP contribution < -0.4 is 5.32 Å². The highest BCUT2D eigenvalue weighted by Gasteiger charge is 2.31. The van der Waals surface area contributed by atoms with Crippen molar-refractivity contribution in [3.05, 3.63) is 69.5 Å². The lowest BCUT2D eigenvalue weighted by Gasteiger charge is -2.22. The number of benzene rings is 2. The molecule has 1 aromatic heterocycles. The third-order valence-corrected chi connectivity index (χ3v) is 5.93. The SMILES string of the molecule is Cc1ccc(-c2nc(CN3CCC[C@H]3C(=O)Nc3ccc(Cl)cc3Cl)co2)c(C)c1. The van der Waals surface area contributed by atoms with Crippen LogP contribution in [0.3, 0.4) is 0 Å². The number of rotatable bonds is 5. The Bertz CT molecular complexity index is 1080. The van der Waals surface area contributed by atoms with E-state index >= 15 is 0 Å². The van der Waals surface area contributed by atoms with Gasteiger partial charge in [-0.25, -0.2) is 4.98 Å². The maximum atomic E-state index is 12.9. The van der Waals surface area contributed by atoms with Gasteiger partial charge in [-0.15, -0.1) is 0 Å². The molecule has 3 aromatic rings. The van der Waals surface area contributed by atoms with Gasteiger partial charge in [0.1, 0.15) is 6.26 Å². The first-order valence-electron chi connectivity index (χ1n) is 9.93. The van der Waals surface area contributed by atoms with Crippen molar-refractivity contribution in [1.29, 1.82) is 0 Å². The van der Waals surface area contributed by atoms with Gasteiger partial charge in [-0.05, 0) is 63.1 Å². The van der Waals surface area contributed by atoms with E-state index in [1.54, 1.807) is 24.5 Å². The fourth-order valence-electron chi connectivity index (χ4n) is 3.88. The molecule has 1 aliphatic rings. The molecule has 0 spiro atoms. The van der Waals surface area contributed by atoms with Crippen molar-refractivity contribution in [1.82, 2.24) is 9.88 Å². The number of anilines is 1. The van der Waals surface area contributed by atoms with E-state index < -0.39 is 0 Å².